The van der Waals surface area contributed by atoms with Gasteiger partial charge in [0.1, 0.15) is 12.1 Å². The molecule has 5 N–H and O–H groups in total. The highest BCUT2D eigenvalue weighted by Gasteiger charge is 2.24. The molecule has 0 saturated heterocycles. The molecule has 1 aromatic heterocycles. The van der Waals surface area contributed by atoms with Crippen LogP contribution in [-0.2, 0) is 9.53 Å². The lowest BCUT2D eigenvalue weighted by Gasteiger charge is -2.26. The van der Waals surface area contributed by atoms with E-state index in [0.29, 0.717) is 16.4 Å². The number of nitrogens with two attached hydrogens (primary N) is 2. The lowest BCUT2D eigenvalue weighted by atomic mass is 10.2. The average Bonchev–Trinajstić information content (AvgIpc) is 3.05. The third kappa shape index (κ3) is 7.27. The van der Waals surface area contributed by atoms with Gasteiger partial charge in [0.15, 0.2) is 5.13 Å². The molecular formula is C21H24N4O5S. The van der Waals surface area contributed by atoms with Crippen LogP contribution < -0.4 is 16.4 Å². The molecule has 164 valence electrons. The number of hydrogen-bond donors (Lipinski definition) is 3. The van der Waals surface area contributed by atoms with Crippen LogP contribution in [0.1, 0.15) is 31.1 Å². The molecule has 2 amide bonds. The maximum Gasteiger partial charge on any atom is 0.415 e. The summed E-state index contributed by atoms with van der Waals surface area (Å²) < 4.78 is 6.06. The van der Waals surface area contributed by atoms with Gasteiger partial charge >= 0.3 is 12.1 Å². The highest BCUT2D eigenvalue weighted by molar-refractivity contribution is 7.22. The van der Waals surface area contributed by atoms with E-state index in [-0.39, 0.29) is 0 Å². The number of aromatic nitrogens is 1. The number of fused-ring (bicyclic) bond motifs is 1. The number of carboxylic acid groups (broad SMARTS) is 1. The molecule has 3 aromatic rings. The lowest BCUT2D eigenvalue weighted by molar-refractivity contribution is -0.135. The number of para-hydroxylation sites is 1. The van der Waals surface area contributed by atoms with Crippen LogP contribution in [0.3, 0.4) is 0 Å². The number of nitrogens with zero attached hydrogens (tertiary/aromatic N) is 2. The number of hydrogen-bond acceptors (Lipinski definition) is 7. The van der Waals surface area contributed by atoms with Crippen molar-refractivity contribution in [1.29, 1.82) is 0 Å². The molecule has 10 heteroatoms. The summed E-state index contributed by atoms with van der Waals surface area (Å²) in [5, 5.41) is 9.34. The number of nitrogen functional groups attached to an aromatic ring is 1. The van der Waals surface area contributed by atoms with E-state index in [9.17, 15) is 14.4 Å². The number of carbonyl (C=O) groups is 3. The standard InChI is InChI=1S/C13H17NO4.C8H7N3OS/c1-13(2,3)18-12(17)14(9-11(15)16)10-7-5-4-6-8-10;9-7(12)4-1-2-5-6(3-4)13-8(10)11-5/h4-8H,9H2,1-3H3,(H,15,16);1-3H,(H2,9,12)(H2,10,11). The van der Waals surface area contributed by atoms with Gasteiger partial charge in [0.05, 0.1) is 10.2 Å². The zero-order valence-corrected chi connectivity index (χ0v) is 18.2. The Morgan fingerprint density at radius 2 is 1.77 bits per heavy atom. The number of amides is 2. The summed E-state index contributed by atoms with van der Waals surface area (Å²) >= 11 is 1.34. The lowest BCUT2D eigenvalue weighted by Crippen LogP contribution is -2.39. The zero-order valence-electron chi connectivity index (χ0n) is 17.4. The number of carboxylic acids is 1. The Hall–Kier alpha value is -3.66. The van der Waals surface area contributed by atoms with Gasteiger partial charge in [-0.3, -0.25) is 14.5 Å². The van der Waals surface area contributed by atoms with Gasteiger partial charge in [-0.2, -0.15) is 0 Å². The van der Waals surface area contributed by atoms with Crippen molar-refractivity contribution in [3.63, 3.8) is 0 Å². The molecule has 1 heterocycles. The fraction of sp³-hybridized carbons (Fsp3) is 0.238. The third-order valence-electron chi connectivity index (χ3n) is 3.66. The van der Waals surface area contributed by atoms with Crippen molar-refractivity contribution < 1.29 is 24.2 Å². The molecule has 2 aromatic carbocycles. The summed E-state index contributed by atoms with van der Waals surface area (Å²) in [5.41, 5.74) is 11.7. The molecule has 0 radical (unpaired) electrons. The summed E-state index contributed by atoms with van der Waals surface area (Å²) in [6.45, 7) is 4.76. The number of aliphatic carboxylic acids is 1. The Bertz CT molecular complexity index is 1080. The number of benzene rings is 2. The van der Waals surface area contributed by atoms with Crippen molar-refractivity contribution in [1.82, 2.24) is 4.98 Å². The topological polar surface area (TPSA) is 149 Å². The fourth-order valence-electron chi connectivity index (χ4n) is 2.42. The molecule has 9 nitrogen and oxygen atoms in total. The van der Waals surface area contributed by atoms with Crippen LogP contribution in [0.2, 0.25) is 0 Å². The Labute approximate surface area is 183 Å². The molecule has 3 rings (SSSR count). The Morgan fingerprint density at radius 3 is 2.32 bits per heavy atom. The van der Waals surface area contributed by atoms with E-state index in [1.807, 2.05) is 0 Å². The number of thiazole rings is 1. The molecular weight excluding hydrogens is 420 g/mol. The maximum absolute atomic E-state index is 11.9. The minimum Gasteiger partial charge on any atom is -0.480 e. The van der Waals surface area contributed by atoms with Crippen LogP contribution >= 0.6 is 11.3 Å². The van der Waals surface area contributed by atoms with E-state index in [1.54, 1.807) is 69.3 Å². The number of ether oxygens (including phenoxy) is 1. The van der Waals surface area contributed by atoms with Crippen LogP contribution in [-0.4, -0.2) is 40.2 Å². The third-order valence-corrected chi connectivity index (χ3v) is 4.51. The van der Waals surface area contributed by atoms with Crippen LogP contribution in [0.15, 0.2) is 48.5 Å². The average molecular weight is 445 g/mol. The van der Waals surface area contributed by atoms with Gasteiger partial charge in [-0.25, -0.2) is 9.78 Å². The zero-order chi connectivity index (χ0) is 23.2. The largest absolute Gasteiger partial charge is 0.480 e. The SMILES string of the molecule is CC(C)(C)OC(=O)N(CC(=O)O)c1ccccc1.NC(=O)c1ccc2nc(N)sc2c1. The molecule has 31 heavy (non-hydrogen) atoms. The highest BCUT2D eigenvalue weighted by Crippen LogP contribution is 2.24. The predicted octanol–water partition coefficient (Wildman–Crippen LogP) is 3.49. The van der Waals surface area contributed by atoms with Gasteiger partial charge in [0, 0.05) is 11.3 Å². The first-order chi connectivity index (χ1) is 14.5. The molecule has 0 bridgehead atoms. The summed E-state index contributed by atoms with van der Waals surface area (Å²) in [4.78, 5) is 38.7. The van der Waals surface area contributed by atoms with Gasteiger partial charge in [-0.05, 0) is 51.1 Å². The van der Waals surface area contributed by atoms with Gasteiger partial charge in [0.25, 0.3) is 0 Å². The number of primary amides is 1. The first-order valence-electron chi connectivity index (χ1n) is 9.19. The molecule has 0 aliphatic carbocycles. The molecule has 0 aliphatic rings. The molecule has 0 saturated carbocycles. The van der Waals surface area contributed by atoms with E-state index >= 15 is 0 Å². The number of rotatable bonds is 4. The molecule has 0 atom stereocenters. The van der Waals surface area contributed by atoms with E-state index in [4.69, 9.17) is 21.3 Å². The van der Waals surface area contributed by atoms with Gasteiger partial charge in [0.2, 0.25) is 5.91 Å². The quantitative estimate of drug-likeness (QED) is 0.557. The van der Waals surface area contributed by atoms with Crippen molar-refractivity contribution >= 4 is 50.3 Å². The first kappa shape index (κ1) is 23.6. The predicted molar refractivity (Wildman–Crippen MR) is 120 cm³/mol. The summed E-state index contributed by atoms with van der Waals surface area (Å²) in [7, 11) is 0. The van der Waals surface area contributed by atoms with Crippen LogP contribution in [0.5, 0.6) is 0 Å². The van der Waals surface area contributed by atoms with Gasteiger partial charge < -0.3 is 21.3 Å². The second kappa shape index (κ2) is 9.90. The van der Waals surface area contributed by atoms with E-state index in [0.717, 1.165) is 15.1 Å². The van der Waals surface area contributed by atoms with Crippen molar-refractivity contribution in [3.8, 4) is 0 Å². The minimum atomic E-state index is -1.09. The van der Waals surface area contributed by atoms with E-state index in [1.165, 1.54) is 11.3 Å². The minimum absolute atomic E-state index is 0.432. The fourth-order valence-corrected chi connectivity index (χ4v) is 3.19. The van der Waals surface area contributed by atoms with E-state index in [2.05, 4.69) is 4.98 Å². The molecule has 0 spiro atoms. The van der Waals surface area contributed by atoms with E-state index < -0.39 is 30.1 Å². The van der Waals surface area contributed by atoms with Crippen LogP contribution in [0.25, 0.3) is 10.2 Å². The normalized spacial score (nSPS) is 10.7. The highest BCUT2D eigenvalue weighted by atomic mass is 32.1. The van der Waals surface area contributed by atoms with Gasteiger partial charge in [-0.1, -0.05) is 29.5 Å². The Morgan fingerprint density at radius 1 is 1.13 bits per heavy atom. The summed E-state index contributed by atoms with van der Waals surface area (Å²) in [6, 6.07) is 13.7. The second-order valence-electron chi connectivity index (χ2n) is 7.39. The second-order valence-corrected chi connectivity index (χ2v) is 8.46. The number of anilines is 2. The van der Waals surface area contributed by atoms with Crippen molar-refractivity contribution in [2.45, 2.75) is 26.4 Å². The molecule has 0 unspecified atom stereocenters. The summed E-state index contributed by atoms with van der Waals surface area (Å²) in [5.74, 6) is -1.53. The molecule has 0 fully saturated rings. The first-order valence-corrected chi connectivity index (χ1v) is 10.0. The van der Waals surface area contributed by atoms with Crippen LogP contribution in [0, 0.1) is 0 Å². The number of carbonyl (C=O) groups excluding carboxylic acids is 2. The van der Waals surface area contributed by atoms with Crippen molar-refractivity contribution in [3.05, 3.63) is 54.1 Å². The maximum atomic E-state index is 11.9. The Balaban J connectivity index is 0.000000231. The van der Waals surface area contributed by atoms with Crippen molar-refractivity contribution in [2.24, 2.45) is 5.73 Å². The summed E-state index contributed by atoms with van der Waals surface area (Å²) in [6.07, 6.45) is -0.670. The molecule has 0 aliphatic heterocycles. The van der Waals surface area contributed by atoms with Crippen molar-refractivity contribution in [2.75, 3.05) is 17.2 Å². The van der Waals surface area contributed by atoms with Gasteiger partial charge in [-0.15, -0.1) is 0 Å². The van der Waals surface area contributed by atoms with Crippen LogP contribution in [0.4, 0.5) is 15.6 Å². The Kier molecular flexibility index (Phi) is 7.54. The smallest absolute Gasteiger partial charge is 0.415 e. The monoisotopic (exact) mass is 444 g/mol.